The van der Waals surface area contributed by atoms with Gasteiger partial charge in [0, 0.05) is 18.8 Å². The van der Waals surface area contributed by atoms with Crippen LogP contribution in [0.5, 0.6) is 0 Å². The highest BCUT2D eigenvalue weighted by molar-refractivity contribution is 7.16. The molecular weight excluding hydrogens is 573 g/mol. The minimum absolute atomic E-state index is 0.0634. The van der Waals surface area contributed by atoms with Gasteiger partial charge in [-0.15, -0.1) is 22.7 Å². The second kappa shape index (κ2) is 11.9. The van der Waals surface area contributed by atoms with Gasteiger partial charge in [-0.2, -0.15) is 13.2 Å². The maximum absolute atomic E-state index is 13.8. The molecule has 0 aliphatic carbocycles. The number of alkyl halides is 3. The van der Waals surface area contributed by atoms with Gasteiger partial charge in [0.2, 0.25) is 5.91 Å². The molecule has 4 rings (SSSR count). The molecular formula is C25H21F3N4O6S2. The molecule has 40 heavy (non-hydrogen) atoms. The molecule has 0 unspecified atom stereocenters. The third-order valence-corrected chi connectivity index (χ3v) is 7.80. The molecule has 15 heteroatoms. The molecule has 10 nitrogen and oxygen atoms in total. The van der Waals surface area contributed by atoms with Crippen LogP contribution >= 0.6 is 22.7 Å². The molecule has 3 heterocycles. The van der Waals surface area contributed by atoms with Gasteiger partial charge in [0.05, 0.1) is 28.8 Å². The van der Waals surface area contributed by atoms with Crippen molar-refractivity contribution in [3.63, 3.8) is 0 Å². The lowest BCUT2D eigenvalue weighted by atomic mass is 10.0. The molecule has 0 saturated heterocycles. The maximum Gasteiger partial charge on any atom is 0.418 e. The molecule has 2 aromatic heterocycles. The molecule has 210 valence electrons. The highest BCUT2D eigenvalue weighted by Crippen LogP contribution is 2.37. The summed E-state index contributed by atoms with van der Waals surface area (Å²) in [7, 11) is 1.02. The van der Waals surface area contributed by atoms with Gasteiger partial charge in [0.25, 0.3) is 17.7 Å². The van der Waals surface area contributed by atoms with E-state index in [1.807, 2.05) is 0 Å². The Balaban J connectivity index is 1.49. The Morgan fingerprint density at radius 2 is 1.80 bits per heavy atom. The van der Waals surface area contributed by atoms with Gasteiger partial charge in [-0.3, -0.25) is 19.2 Å². The highest BCUT2D eigenvalue weighted by Gasteiger charge is 2.39. The van der Waals surface area contributed by atoms with Crippen LogP contribution in [0.15, 0.2) is 41.8 Å². The van der Waals surface area contributed by atoms with Crippen molar-refractivity contribution in [3.05, 3.63) is 73.1 Å². The first-order chi connectivity index (χ1) is 19.0. The number of carbonyl (C=O) groups excluding carboxylic acids is 5. The monoisotopic (exact) mass is 594 g/mol. The van der Waals surface area contributed by atoms with Gasteiger partial charge in [-0.05, 0) is 34.7 Å². The zero-order valence-corrected chi connectivity index (χ0v) is 22.3. The molecule has 1 aromatic carbocycles. The number of halogens is 3. The third kappa shape index (κ3) is 6.48. The van der Waals surface area contributed by atoms with Crippen molar-refractivity contribution in [1.29, 1.82) is 0 Å². The van der Waals surface area contributed by atoms with Crippen molar-refractivity contribution in [2.45, 2.75) is 25.2 Å². The lowest BCUT2D eigenvalue weighted by Gasteiger charge is -2.17. The van der Waals surface area contributed by atoms with Crippen LogP contribution in [0.25, 0.3) is 0 Å². The van der Waals surface area contributed by atoms with E-state index in [1.165, 1.54) is 6.07 Å². The summed E-state index contributed by atoms with van der Waals surface area (Å²) in [6.07, 6.45) is -4.87. The topological polar surface area (TPSA) is 143 Å². The second-order valence-electron chi connectivity index (χ2n) is 8.44. The number of amides is 4. The van der Waals surface area contributed by atoms with Crippen LogP contribution in [-0.4, -0.2) is 49.3 Å². The van der Waals surface area contributed by atoms with Crippen LogP contribution in [0.4, 0.5) is 18.9 Å². The molecule has 4 N–H and O–H groups in total. The van der Waals surface area contributed by atoms with E-state index in [0.717, 1.165) is 18.4 Å². The molecule has 1 atom stereocenters. The predicted octanol–water partition coefficient (Wildman–Crippen LogP) is 2.95. The van der Waals surface area contributed by atoms with E-state index >= 15 is 0 Å². The summed E-state index contributed by atoms with van der Waals surface area (Å²) in [5, 5.41) is 11.4. The number of rotatable bonds is 9. The number of thiophene rings is 2. The van der Waals surface area contributed by atoms with Crippen LogP contribution in [-0.2, 0) is 33.5 Å². The van der Waals surface area contributed by atoms with E-state index in [2.05, 4.69) is 26.0 Å². The second-order valence-corrected chi connectivity index (χ2v) is 10.4. The van der Waals surface area contributed by atoms with Crippen molar-refractivity contribution in [2.24, 2.45) is 0 Å². The summed E-state index contributed by atoms with van der Waals surface area (Å²) in [4.78, 5) is 60.8. The number of benzene rings is 1. The fourth-order valence-electron chi connectivity index (χ4n) is 3.87. The molecule has 1 aliphatic rings. The smallest absolute Gasteiger partial charge is 0.418 e. The lowest BCUT2D eigenvalue weighted by molar-refractivity contribution is -0.142. The zero-order valence-electron chi connectivity index (χ0n) is 20.6. The van der Waals surface area contributed by atoms with Gasteiger partial charge < -0.3 is 26.0 Å². The van der Waals surface area contributed by atoms with Crippen LogP contribution < -0.4 is 21.3 Å². The minimum atomic E-state index is -4.98. The maximum atomic E-state index is 13.8. The molecule has 0 radical (unpaired) electrons. The summed E-state index contributed by atoms with van der Waals surface area (Å²) < 4.78 is 46.0. The lowest BCUT2D eigenvalue weighted by Crippen LogP contribution is -2.49. The first-order valence-electron chi connectivity index (χ1n) is 11.6. The quantitative estimate of drug-likeness (QED) is 0.281. The number of nitrogens with one attached hydrogen (secondary N) is 4. The Hall–Kier alpha value is -4.24. The first kappa shape index (κ1) is 28.8. The van der Waals surface area contributed by atoms with Crippen LogP contribution in [0, 0.1) is 0 Å². The molecule has 3 aromatic rings. The van der Waals surface area contributed by atoms with Gasteiger partial charge in [-0.25, -0.2) is 4.79 Å². The van der Waals surface area contributed by atoms with Crippen molar-refractivity contribution >= 4 is 58.0 Å². The fraction of sp³-hybridized carbons (Fsp3) is 0.240. The Morgan fingerprint density at radius 3 is 2.48 bits per heavy atom. The highest BCUT2D eigenvalue weighted by atomic mass is 32.1. The van der Waals surface area contributed by atoms with E-state index in [9.17, 15) is 37.1 Å². The summed E-state index contributed by atoms with van der Waals surface area (Å²) in [5.74, 6) is -3.90. The normalized spacial score (nSPS) is 13.2. The zero-order chi connectivity index (χ0) is 29.0. The number of ether oxygens (including phenoxy) is 1. The Bertz CT molecular complexity index is 1470. The summed E-state index contributed by atoms with van der Waals surface area (Å²) in [6.45, 7) is -0.514. The largest absolute Gasteiger partial charge is 0.467 e. The average molecular weight is 595 g/mol. The first-order valence-corrected chi connectivity index (χ1v) is 13.3. The SMILES string of the molecule is COC(=O)[C@H](CNC(=O)c1cccs1)NC(=O)c1sc(C(=O)NCc2cccc3c2CC(=O)N3)cc1C(F)(F)F. The van der Waals surface area contributed by atoms with E-state index in [0.29, 0.717) is 39.1 Å². The third-order valence-electron chi connectivity index (χ3n) is 5.79. The molecule has 4 amide bonds. The minimum Gasteiger partial charge on any atom is -0.467 e. The number of fused-ring (bicyclic) bond motifs is 1. The molecule has 0 bridgehead atoms. The van der Waals surface area contributed by atoms with E-state index in [4.69, 9.17) is 0 Å². The van der Waals surface area contributed by atoms with Crippen molar-refractivity contribution in [2.75, 3.05) is 19.0 Å². The van der Waals surface area contributed by atoms with E-state index in [1.54, 1.807) is 29.6 Å². The standard InChI is InChI=1S/C25H21F3N4O6S2/c1-38-24(37)16(11-30-21(34)17-6-3-7-39-17)32-23(36)20-14(25(26,27)28)9-18(40-20)22(35)29-10-12-4-2-5-15-13(12)8-19(33)31-15/h2-7,9,16H,8,10-11H2,1H3,(H,29,35)(H,30,34)(H,31,33)(H,32,36)/t16-/m0/s1. The van der Waals surface area contributed by atoms with Gasteiger partial charge in [-0.1, -0.05) is 18.2 Å². The predicted molar refractivity (Wildman–Crippen MR) is 139 cm³/mol. The van der Waals surface area contributed by atoms with Crippen LogP contribution in [0.2, 0.25) is 0 Å². The Kier molecular flexibility index (Phi) is 8.54. The van der Waals surface area contributed by atoms with Gasteiger partial charge >= 0.3 is 12.1 Å². The number of anilines is 1. The number of carbonyl (C=O) groups is 5. The van der Waals surface area contributed by atoms with Crippen LogP contribution in [0.3, 0.4) is 0 Å². The molecule has 0 spiro atoms. The average Bonchev–Trinajstić information content (AvgIpc) is 3.67. The van der Waals surface area contributed by atoms with E-state index < -0.39 is 52.9 Å². The van der Waals surface area contributed by atoms with Crippen molar-refractivity contribution < 1.29 is 41.9 Å². The van der Waals surface area contributed by atoms with E-state index in [-0.39, 0.29) is 23.7 Å². The Morgan fingerprint density at radius 1 is 1.05 bits per heavy atom. The molecule has 0 fully saturated rings. The van der Waals surface area contributed by atoms with Gasteiger partial charge in [0.1, 0.15) is 10.9 Å². The summed E-state index contributed by atoms with van der Waals surface area (Å²) in [5.41, 5.74) is 0.523. The molecule has 1 aliphatic heterocycles. The molecule has 0 saturated carbocycles. The van der Waals surface area contributed by atoms with Crippen molar-refractivity contribution in [1.82, 2.24) is 16.0 Å². The summed E-state index contributed by atoms with van der Waals surface area (Å²) in [6, 6.07) is 7.26. The number of esters is 1. The number of methoxy groups -OCH3 is 1. The van der Waals surface area contributed by atoms with Crippen LogP contribution in [0.1, 0.15) is 45.7 Å². The van der Waals surface area contributed by atoms with Crippen molar-refractivity contribution in [3.8, 4) is 0 Å². The summed E-state index contributed by atoms with van der Waals surface area (Å²) >= 11 is 1.43. The fourth-order valence-corrected chi connectivity index (χ4v) is 5.51. The Labute approximate surface area is 232 Å². The number of hydrogen-bond acceptors (Lipinski definition) is 8. The van der Waals surface area contributed by atoms with Gasteiger partial charge in [0.15, 0.2) is 0 Å². The number of hydrogen-bond donors (Lipinski definition) is 4.